The van der Waals surface area contributed by atoms with Crippen molar-refractivity contribution in [3.63, 3.8) is 0 Å². The minimum atomic E-state index is -0.0781. The van der Waals surface area contributed by atoms with Crippen molar-refractivity contribution >= 4 is 51.7 Å². The largest absolute Gasteiger partial charge is 0.334 e. The molecule has 0 aromatic heterocycles. The lowest BCUT2D eigenvalue weighted by Gasteiger charge is -2.24. The number of carbonyl (C=O) groups is 1. The summed E-state index contributed by atoms with van der Waals surface area (Å²) in [6.45, 7) is 4.95. The highest BCUT2D eigenvalue weighted by molar-refractivity contribution is 8.27. The summed E-state index contributed by atoms with van der Waals surface area (Å²) in [4.78, 5) is 19.1. The zero-order valence-corrected chi connectivity index (χ0v) is 17.0. The van der Waals surface area contributed by atoms with Crippen molar-refractivity contribution in [1.82, 2.24) is 4.90 Å². The molecule has 1 atom stereocenters. The third-order valence-electron chi connectivity index (χ3n) is 4.59. The Morgan fingerprint density at radius 3 is 2.46 bits per heavy atom. The molecule has 2 aromatic carbocycles. The number of carbonyl (C=O) groups excluding carboxylic acids is 1. The van der Waals surface area contributed by atoms with Gasteiger partial charge in [-0.3, -0.25) is 9.69 Å². The molecule has 1 fully saturated rings. The first-order valence-corrected chi connectivity index (χ1v) is 10.5. The molecule has 2 aromatic rings. The first kappa shape index (κ1) is 17.6. The van der Waals surface area contributed by atoms with Crippen LogP contribution in [0.4, 0.5) is 5.69 Å². The Kier molecular flexibility index (Phi) is 4.82. The number of hydrogen-bond acceptors (Lipinski definition) is 5. The Bertz CT molecular complexity index is 910. The number of anilines is 1. The van der Waals surface area contributed by atoms with Gasteiger partial charge in [0.15, 0.2) is 0 Å². The van der Waals surface area contributed by atoms with Crippen LogP contribution in [0.5, 0.6) is 0 Å². The molecule has 0 N–H and O–H groups in total. The molecule has 132 valence electrons. The Morgan fingerprint density at radius 2 is 1.73 bits per heavy atom. The van der Waals surface area contributed by atoms with Crippen LogP contribution in [0.2, 0.25) is 0 Å². The Hall–Kier alpha value is -1.76. The molecule has 0 aliphatic carbocycles. The third-order valence-corrected chi connectivity index (χ3v) is 7.29. The molecule has 1 amide bonds. The molecule has 1 unspecified atom stereocenters. The lowest BCUT2D eigenvalue weighted by Crippen LogP contribution is -2.31. The summed E-state index contributed by atoms with van der Waals surface area (Å²) >= 11 is 8.65. The number of thiocarbonyl (C=S) groups is 1. The minimum Gasteiger partial charge on any atom is -0.334 e. The van der Waals surface area contributed by atoms with Crippen molar-refractivity contribution in [1.29, 1.82) is 0 Å². The highest BCUT2D eigenvalue weighted by Crippen LogP contribution is 2.51. The fourth-order valence-corrected chi connectivity index (χ4v) is 6.03. The molecule has 0 spiro atoms. The van der Waals surface area contributed by atoms with Crippen LogP contribution >= 0.6 is 35.7 Å². The quantitative estimate of drug-likeness (QED) is 0.508. The molecule has 26 heavy (non-hydrogen) atoms. The summed E-state index contributed by atoms with van der Waals surface area (Å²) in [5.41, 5.74) is 2.25. The molecule has 2 heterocycles. The average molecular weight is 399 g/mol. The number of hydrogen-bond donors (Lipinski definition) is 0. The van der Waals surface area contributed by atoms with E-state index in [1.54, 1.807) is 16.7 Å². The highest BCUT2D eigenvalue weighted by atomic mass is 32.2. The highest BCUT2D eigenvalue weighted by Gasteiger charge is 2.40. The normalized spacial score (nSPS) is 20.7. The van der Waals surface area contributed by atoms with E-state index in [-0.39, 0.29) is 11.9 Å². The van der Waals surface area contributed by atoms with Gasteiger partial charge in [-0.05, 0) is 31.5 Å². The maximum absolute atomic E-state index is 13.2. The van der Waals surface area contributed by atoms with Crippen LogP contribution in [0.3, 0.4) is 0 Å². The molecule has 2 aliphatic heterocycles. The molecule has 0 bridgehead atoms. The van der Waals surface area contributed by atoms with Gasteiger partial charge in [0.25, 0.3) is 5.91 Å². The molecule has 0 radical (unpaired) electrons. The number of rotatable bonds is 3. The predicted octanol–water partition coefficient (Wildman–Crippen LogP) is 5.41. The number of thioether (sulfide) groups is 2. The van der Waals surface area contributed by atoms with Gasteiger partial charge in [0.1, 0.15) is 14.3 Å². The summed E-state index contributed by atoms with van der Waals surface area (Å²) in [7, 11) is 0. The standard InChI is InChI=1S/C20H18N2OS3/c1-3-21-15-11-7-8-12-16(15)25-19(21)17-18(23)22(20(24)26-17)13(2)14-9-5-4-6-10-14/h4-13H,3H2,1-2H3/b19-17-. The summed E-state index contributed by atoms with van der Waals surface area (Å²) in [5, 5.41) is 0.994. The maximum atomic E-state index is 13.2. The number of nitrogens with zero attached hydrogens (tertiary/aromatic N) is 2. The summed E-state index contributed by atoms with van der Waals surface area (Å²) in [5.74, 6) is 0.00473. The van der Waals surface area contributed by atoms with E-state index < -0.39 is 0 Å². The Labute approximate surface area is 167 Å². The second-order valence-electron chi connectivity index (χ2n) is 6.08. The van der Waals surface area contributed by atoms with Crippen molar-refractivity contribution in [2.45, 2.75) is 24.8 Å². The molecule has 1 saturated heterocycles. The fraction of sp³-hybridized carbons (Fsp3) is 0.200. The predicted molar refractivity (Wildman–Crippen MR) is 114 cm³/mol. The van der Waals surface area contributed by atoms with Gasteiger partial charge in [0.2, 0.25) is 0 Å². The number of para-hydroxylation sites is 1. The van der Waals surface area contributed by atoms with Gasteiger partial charge < -0.3 is 4.90 Å². The van der Waals surface area contributed by atoms with Crippen LogP contribution in [0.1, 0.15) is 25.5 Å². The van der Waals surface area contributed by atoms with Gasteiger partial charge in [-0.2, -0.15) is 0 Å². The van der Waals surface area contributed by atoms with E-state index in [4.69, 9.17) is 12.2 Å². The zero-order valence-electron chi connectivity index (χ0n) is 14.5. The van der Waals surface area contributed by atoms with Crippen molar-refractivity contribution < 1.29 is 4.79 Å². The number of fused-ring (bicyclic) bond motifs is 1. The number of benzene rings is 2. The fourth-order valence-electron chi connectivity index (χ4n) is 3.24. The third kappa shape index (κ3) is 2.86. The van der Waals surface area contributed by atoms with Crippen LogP contribution < -0.4 is 4.90 Å². The van der Waals surface area contributed by atoms with Gasteiger partial charge in [-0.1, -0.05) is 78.2 Å². The van der Waals surface area contributed by atoms with Crippen LogP contribution in [0.25, 0.3) is 0 Å². The van der Waals surface area contributed by atoms with E-state index in [2.05, 4.69) is 24.0 Å². The van der Waals surface area contributed by atoms with E-state index in [1.807, 2.05) is 49.4 Å². The molecule has 2 aliphatic rings. The molecular formula is C20H18N2OS3. The van der Waals surface area contributed by atoms with Crippen LogP contribution in [-0.2, 0) is 4.79 Å². The van der Waals surface area contributed by atoms with Crippen molar-refractivity contribution in [3.8, 4) is 0 Å². The van der Waals surface area contributed by atoms with Gasteiger partial charge >= 0.3 is 0 Å². The van der Waals surface area contributed by atoms with E-state index in [0.29, 0.717) is 4.32 Å². The van der Waals surface area contributed by atoms with Crippen molar-refractivity contribution in [3.05, 3.63) is 70.1 Å². The average Bonchev–Trinajstić information content (AvgIpc) is 3.18. The van der Waals surface area contributed by atoms with Crippen LogP contribution in [-0.4, -0.2) is 21.7 Å². The number of amides is 1. The lowest BCUT2D eigenvalue weighted by atomic mass is 10.1. The topological polar surface area (TPSA) is 23.6 Å². The van der Waals surface area contributed by atoms with Crippen molar-refractivity contribution in [2.24, 2.45) is 0 Å². The van der Waals surface area contributed by atoms with Gasteiger partial charge in [-0.25, -0.2) is 0 Å². The minimum absolute atomic E-state index is 0.00473. The smallest absolute Gasteiger partial charge is 0.269 e. The van der Waals surface area contributed by atoms with Gasteiger partial charge in [0, 0.05) is 11.4 Å². The first-order chi connectivity index (χ1) is 12.6. The first-order valence-electron chi connectivity index (χ1n) is 8.50. The summed E-state index contributed by atoms with van der Waals surface area (Å²) in [6, 6.07) is 18.2. The van der Waals surface area contributed by atoms with Crippen molar-refractivity contribution in [2.75, 3.05) is 11.4 Å². The molecule has 4 rings (SSSR count). The monoisotopic (exact) mass is 398 g/mol. The van der Waals surface area contributed by atoms with E-state index in [0.717, 1.165) is 27.7 Å². The van der Waals surface area contributed by atoms with E-state index >= 15 is 0 Å². The maximum Gasteiger partial charge on any atom is 0.269 e. The van der Waals surface area contributed by atoms with Gasteiger partial charge in [-0.15, -0.1) is 0 Å². The summed E-state index contributed by atoms with van der Waals surface area (Å²) in [6.07, 6.45) is 0. The lowest BCUT2D eigenvalue weighted by molar-refractivity contribution is -0.123. The van der Waals surface area contributed by atoms with Crippen LogP contribution in [0.15, 0.2) is 69.4 Å². The SMILES string of the molecule is CCN1/C(=C2/SC(=S)N(C(C)c3ccccc3)C2=O)Sc2ccccc21. The molecular weight excluding hydrogens is 380 g/mol. The summed E-state index contributed by atoms with van der Waals surface area (Å²) < 4.78 is 0.626. The second kappa shape index (κ2) is 7.10. The van der Waals surface area contributed by atoms with Gasteiger partial charge in [0.05, 0.1) is 11.7 Å². The Balaban J connectivity index is 1.71. The second-order valence-corrected chi connectivity index (χ2v) is 8.75. The molecule has 3 nitrogen and oxygen atoms in total. The van der Waals surface area contributed by atoms with E-state index in [9.17, 15) is 4.79 Å². The van der Waals surface area contributed by atoms with Crippen LogP contribution in [0, 0.1) is 0 Å². The molecule has 0 saturated carbocycles. The molecule has 6 heteroatoms. The Morgan fingerprint density at radius 1 is 1.04 bits per heavy atom. The van der Waals surface area contributed by atoms with E-state index in [1.165, 1.54) is 16.7 Å². The zero-order chi connectivity index (χ0) is 18.3.